The van der Waals surface area contributed by atoms with Gasteiger partial charge in [0.25, 0.3) is 0 Å². The van der Waals surface area contributed by atoms with Gasteiger partial charge in [0.15, 0.2) is 0 Å². The molecule has 0 atom stereocenters. The smallest absolute Gasteiger partial charge is 0.106 e. The maximum Gasteiger partial charge on any atom is 0.106 e. The molecule has 0 saturated heterocycles. The van der Waals surface area contributed by atoms with Gasteiger partial charge in [0.1, 0.15) is 5.52 Å². The summed E-state index contributed by atoms with van der Waals surface area (Å²) in [7, 11) is 0. The Bertz CT molecular complexity index is 746. The Labute approximate surface area is 122 Å². The van der Waals surface area contributed by atoms with Gasteiger partial charge in [-0.15, -0.1) is 11.3 Å². The number of fused-ring (bicyclic) bond motifs is 1. The van der Waals surface area contributed by atoms with Gasteiger partial charge in [-0.3, -0.25) is 0 Å². The average Bonchev–Trinajstić information content (AvgIpc) is 2.91. The van der Waals surface area contributed by atoms with Crippen molar-refractivity contribution in [2.45, 2.75) is 19.8 Å². The number of anilines is 3. The van der Waals surface area contributed by atoms with Crippen LogP contribution < -0.4 is 11.1 Å². The highest BCUT2D eigenvalue weighted by Gasteiger charge is 2.07. The molecule has 1 heterocycles. The van der Waals surface area contributed by atoms with E-state index in [1.54, 1.807) is 11.3 Å². The van der Waals surface area contributed by atoms with E-state index in [4.69, 9.17) is 5.73 Å². The number of aromatic nitrogens is 1. The van der Waals surface area contributed by atoms with Crippen LogP contribution in [0.5, 0.6) is 0 Å². The molecule has 3 N–H and O–H groups in total. The van der Waals surface area contributed by atoms with E-state index in [2.05, 4.69) is 54.5 Å². The molecule has 0 radical (unpaired) electrons. The molecule has 1 aromatic heterocycles. The summed E-state index contributed by atoms with van der Waals surface area (Å²) in [5.74, 6) is 0.509. The maximum absolute atomic E-state index is 6.19. The zero-order chi connectivity index (χ0) is 14.1. The Hall–Kier alpha value is -2.07. The van der Waals surface area contributed by atoms with E-state index in [1.807, 2.05) is 11.6 Å². The number of thiazole rings is 1. The second-order valence-corrected chi connectivity index (χ2v) is 6.02. The van der Waals surface area contributed by atoms with Crippen LogP contribution in [0.3, 0.4) is 0 Å². The highest BCUT2D eigenvalue weighted by Crippen LogP contribution is 2.32. The van der Waals surface area contributed by atoms with E-state index in [1.165, 1.54) is 5.56 Å². The Morgan fingerprint density at radius 3 is 2.85 bits per heavy atom. The van der Waals surface area contributed by atoms with Gasteiger partial charge >= 0.3 is 0 Å². The van der Waals surface area contributed by atoms with E-state index in [9.17, 15) is 0 Å². The lowest BCUT2D eigenvalue weighted by Crippen LogP contribution is -1.98. The van der Waals surface area contributed by atoms with Crippen LogP contribution in [0.25, 0.3) is 10.2 Å². The van der Waals surface area contributed by atoms with E-state index in [0.717, 1.165) is 21.6 Å². The van der Waals surface area contributed by atoms with Gasteiger partial charge in [-0.05, 0) is 35.7 Å². The van der Waals surface area contributed by atoms with Gasteiger partial charge < -0.3 is 11.1 Å². The van der Waals surface area contributed by atoms with Crippen LogP contribution in [0.4, 0.5) is 17.1 Å². The third kappa shape index (κ3) is 2.34. The summed E-state index contributed by atoms with van der Waals surface area (Å²) in [5, 5.41) is 3.39. The monoisotopic (exact) mass is 283 g/mol. The Morgan fingerprint density at radius 1 is 1.20 bits per heavy atom. The summed E-state index contributed by atoms with van der Waals surface area (Å²) < 4.78 is 1.11. The molecule has 0 amide bonds. The van der Waals surface area contributed by atoms with Crippen molar-refractivity contribution in [3.8, 4) is 0 Å². The van der Waals surface area contributed by atoms with Crippen molar-refractivity contribution in [1.29, 1.82) is 0 Å². The summed E-state index contributed by atoms with van der Waals surface area (Å²) in [6.45, 7) is 4.38. The molecule has 0 unspecified atom stereocenters. The van der Waals surface area contributed by atoms with E-state index < -0.39 is 0 Å². The SMILES string of the molecule is CC(C)c1cccc(Nc2ccc3scnc3c2N)c1. The molecular weight excluding hydrogens is 266 g/mol. The first-order chi connectivity index (χ1) is 9.65. The van der Waals surface area contributed by atoms with Crippen LogP contribution in [0.15, 0.2) is 41.9 Å². The number of nitrogens with two attached hydrogens (primary N) is 1. The van der Waals surface area contributed by atoms with Gasteiger partial charge in [0, 0.05) is 5.69 Å². The molecule has 2 aromatic carbocycles. The minimum atomic E-state index is 0.509. The minimum Gasteiger partial charge on any atom is -0.395 e. The minimum absolute atomic E-state index is 0.509. The molecule has 0 aliphatic heterocycles. The number of nitrogens with one attached hydrogen (secondary N) is 1. The first-order valence-corrected chi connectivity index (χ1v) is 7.52. The summed E-state index contributed by atoms with van der Waals surface area (Å²) in [4.78, 5) is 4.32. The first-order valence-electron chi connectivity index (χ1n) is 6.64. The van der Waals surface area contributed by atoms with Crippen molar-refractivity contribution in [2.24, 2.45) is 0 Å². The first kappa shape index (κ1) is 12.9. The van der Waals surface area contributed by atoms with E-state index >= 15 is 0 Å². The van der Waals surface area contributed by atoms with Crippen molar-refractivity contribution in [3.63, 3.8) is 0 Å². The highest BCUT2D eigenvalue weighted by molar-refractivity contribution is 7.16. The predicted octanol–water partition coefficient (Wildman–Crippen LogP) is 4.75. The van der Waals surface area contributed by atoms with Gasteiger partial charge in [-0.1, -0.05) is 26.0 Å². The van der Waals surface area contributed by atoms with E-state index in [0.29, 0.717) is 11.6 Å². The molecule has 20 heavy (non-hydrogen) atoms. The number of nitrogen functional groups attached to an aromatic ring is 1. The third-order valence-electron chi connectivity index (χ3n) is 3.37. The molecule has 0 bridgehead atoms. The van der Waals surface area contributed by atoms with E-state index in [-0.39, 0.29) is 0 Å². The second kappa shape index (κ2) is 5.13. The molecule has 102 valence electrons. The molecule has 0 spiro atoms. The number of rotatable bonds is 3. The normalized spacial score (nSPS) is 11.2. The zero-order valence-corrected chi connectivity index (χ0v) is 12.4. The fourth-order valence-electron chi connectivity index (χ4n) is 2.19. The topological polar surface area (TPSA) is 50.9 Å². The molecule has 0 aliphatic rings. The van der Waals surface area contributed by atoms with Gasteiger partial charge in [-0.2, -0.15) is 0 Å². The van der Waals surface area contributed by atoms with Crippen molar-refractivity contribution in [1.82, 2.24) is 4.98 Å². The van der Waals surface area contributed by atoms with Crippen molar-refractivity contribution >= 4 is 38.6 Å². The fourth-order valence-corrected chi connectivity index (χ4v) is 2.88. The lowest BCUT2D eigenvalue weighted by atomic mass is 10.0. The predicted molar refractivity (Wildman–Crippen MR) is 87.8 cm³/mol. The Balaban J connectivity index is 1.96. The standard InChI is InChI=1S/C16H17N3S/c1-10(2)11-4-3-5-12(8-11)19-13-6-7-14-16(15(13)17)18-9-20-14/h3-10,19H,17H2,1-2H3. The quantitative estimate of drug-likeness (QED) is 0.682. The number of hydrogen-bond acceptors (Lipinski definition) is 4. The lowest BCUT2D eigenvalue weighted by molar-refractivity contribution is 0.867. The van der Waals surface area contributed by atoms with Crippen LogP contribution in [0.1, 0.15) is 25.3 Å². The Morgan fingerprint density at radius 2 is 2.05 bits per heavy atom. The van der Waals surface area contributed by atoms with Crippen LogP contribution in [0, 0.1) is 0 Å². The summed E-state index contributed by atoms with van der Waals surface area (Å²) in [6.07, 6.45) is 0. The largest absolute Gasteiger partial charge is 0.395 e. The Kier molecular flexibility index (Phi) is 3.32. The van der Waals surface area contributed by atoms with Crippen LogP contribution in [-0.4, -0.2) is 4.98 Å². The summed E-state index contributed by atoms with van der Waals surface area (Å²) >= 11 is 1.60. The van der Waals surface area contributed by atoms with Crippen molar-refractivity contribution in [2.75, 3.05) is 11.1 Å². The number of benzene rings is 2. The van der Waals surface area contributed by atoms with Crippen LogP contribution in [-0.2, 0) is 0 Å². The van der Waals surface area contributed by atoms with Crippen molar-refractivity contribution < 1.29 is 0 Å². The summed E-state index contributed by atoms with van der Waals surface area (Å²) in [6, 6.07) is 12.5. The zero-order valence-electron chi connectivity index (χ0n) is 11.6. The molecule has 0 saturated carbocycles. The molecule has 0 fully saturated rings. The van der Waals surface area contributed by atoms with Gasteiger partial charge in [-0.25, -0.2) is 4.98 Å². The lowest BCUT2D eigenvalue weighted by Gasteiger charge is -2.12. The molecule has 0 aliphatic carbocycles. The maximum atomic E-state index is 6.19. The van der Waals surface area contributed by atoms with Crippen molar-refractivity contribution in [3.05, 3.63) is 47.5 Å². The summed E-state index contributed by atoms with van der Waals surface area (Å²) in [5.41, 5.74) is 12.9. The molecule has 3 rings (SSSR count). The van der Waals surface area contributed by atoms with Crippen LogP contribution in [0.2, 0.25) is 0 Å². The third-order valence-corrected chi connectivity index (χ3v) is 4.17. The number of hydrogen-bond donors (Lipinski definition) is 2. The molecule has 4 heteroatoms. The fraction of sp³-hybridized carbons (Fsp3) is 0.188. The van der Waals surface area contributed by atoms with Crippen LogP contribution >= 0.6 is 11.3 Å². The molecule has 3 nitrogen and oxygen atoms in total. The highest BCUT2D eigenvalue weighted by atomic mass is 32.1. The van der Waals surface area contributed by atoms with Gasteiger partial charge in [0.2, 0.25) is 0 Å². The molecule has 3 aromatic rings. The number of nitrogens with zero attached hydrogens (tertiary/aromatic N) is 1. The average molecular weight is 283 g/mol. The van der Waals surface area contributed by atoms with Gasteiger partial charge in [0.05, 0.1) is 21.6 Å². The second-order valence-electron chi connectivity index (χ2n) is 5.13. The molecular formula is C16H17N3S.